The lowest BCUT2D eigenvalue weighted by molar-refractivity contribution is -0.145. The van der Waals surface area contributed by atoms with Crippen LogP contribution in [0.4, 0.5) is 0 Å². The van der Waals surface area contributed by atoms with Crippen molar-refractivity contribution in [3.8, 4) is 0 Å². The maximum atomic E-state index is 12.4. The summed E-state index contributed by atoms with van der Waals surface area (Å²) in [4.78, 5) is 37.3. The SMILES string of the molecule is Cc1cccc(C(=O)N[C@@H](C(=O)OCC(=O)c2ccc(Br)s2)C(C)C)c1. The van der Waals surface area contributed by atoms with Gasteiger partial charge in [-0.25, -0.2) is 4.79 Å². The first-order chi connectivity index (χ1) is 12.3. The number of aryl methyl sites for hydroxylation is 1. The van der Waals surface area contributed by atoms with Crippen LogP contribution in [0.2, 0.25) is 0 Å². The fourth-order valence-electron chi connectivity index (χ4n) is 2.27. The van der Waals surface area contributed by atoms with E-state index in [0.717, 1.165) is 9.35 Å². The van der Waals surface area contributed by atoms with Gasteiger partial charge in [0.15, 0.2) is 6.61 Å². The summed E-state index contributed by atoms with van der Waals surface area (Å²) in [6.45, 7) is 5.15. The van der Waals surface area contributed by atoms with E-state index in [-0.39, 0.29) is 24.2 Å². The van der Waals surface area contributed by atoms with Crippen LogP contribution in [0.3, 0.4) is 0 Å². The molecule has 138 valence electrons. The standard InChI is InChI=1S/C19H20BrNO4S/c1-11(2)17(21-18(23)13-6-4-5-12(3)9-13)19(24)25-10-14(22)15-7-8-16(20)26-15/h4-9,11,17H,10H2,1-3H3,(H,21,23)/t17-/m1/s1. The molecule has 0 unspecified atom stereocenters. The van der Waals surface area contributed by atoms with Crippen LogP contribution >= 0.6 is 27.3 Å². The number of carbonyl (C=O) groups is 3. The van der Waals surface area contributed by atoms with Gasteiger partial charge in [-0.2, -0.15) is 0 Å². The minimum absolute atomic E-state index is 0.178. The predicted molar refractivity (Wildman–Crippen MR) is 105 cm³/mol. The third-order valence-corrected chi connectivity index (χ3v) is 5.35. The van der Waals surface area contributed by atoms with E-state index < -0.39 is 12.0 Å². The van der Waals surface area contributed by atoms with Crippen molar-refractivity contribution in [3.63, 3.8) is 0 Å². The van der Waals surface area contributed by atoms with E-state index in [9.17, 15) is 14.4 Å². The zero-order valence-corrected chi connectivity index (χ0v) is 17.1. The topological polar surface area (TPSA) is 72.5 Å². The van der Waals surface area contributed by atoms with Gasteiger partial charge < -0.3 is 10.1 Å². The number of hydrogen-bond donors (Lipinski definition) is 1. The number of amides is 1. The molecular formula is C19H20BrNO4S. The molecule has 26 heavy (non-hydrogen) atoms. The number of benzene rings is 1. The van der Waals surface area contributed by atoms with Crippen molar-refractivity contribution >= 4 is 44.9 Å². The molecule has 0 saturated carbocycles. The van der Waals surface area contributed by atoms with Crippen LogP contribution in [-0.4, -0.2) is 30.3 Å². The first kappa shape index (κ1) is 20.3. The van der Waals surface area contributed by atoms with Gasteiger partial charge in [0, 0.05) is 5.56 Å². The Balaban J connectivity index is 1.98. The molecule has 1 aromatic carbocycles. The molecule has 2 aromatic rings. The molecule has 0 bridgehead atoms. The third kappa shape index (κ3) is 5.51. The monoisotopic (exact) mass is 437 g/mol. The van der Waals surface area contributed by atoms with Crippen molar-refractivity contribution in [2.45, 2.75) is 26.8 Å². The second-order valence-electron chi connectivity index (χ2n) is 6.20. The Morgan fingerprint density at radius 1 is 1.19 bits per heavy atom. The van der Waals surface area contributed by atoms with E-state index >= 15 is 0 Å². The van der Waals surface area contributed by atoms with Crippen molar-refractivity contribution in [1.29, 1.82) is 0 Å². The lowest BCUT2D eigenvalue weighted by Crippen LogP contribution is -2.45. The molecule has 7 heteroatoms. The van der Waals surface area contributed by atoms with E-state index in [2.05, 4.69) is 21.2 Å². The highest BCUT2D eigenvalue weighted by Gasteiger charge is 2.27. The van der Waals surface area contributed by atoms with Gasteiger partial charge in [0.05, 0.1) is 8.66 Å². The summed E-state index contributed by atoms with van der Waals surface area (Å²) in [6.07, 6.45) is 0. The Bertz CT molecular complexity index is 815. The third-order valence-electron chi connectivity index (χ3n) is 3.68. The fraction of sp³-hybridized carbons (Fsp3) is 0.316. The molecule has 0 aliphatic carbocycles. The Hall–Kier alpha value is -1.99. The maximum absolute atomic E-state index is 12.4. The van der Waals surface area contributed by atoms with Gasteiger partial charge in [-0.05, 0) is 53.0 Å². The van der Waals surface area contributed by atoms with Crippen molar-refractivity contribution in [1.82, 2.24) is 5.32 Å². The molecule has 1 heterocycles. The lowest BCUT2D eigenvalue weighted by atomic mass is 10.0. The summed E-state index contributed by atoms with van der Waals surface area (Å²) in [7, 11) is 0. The summed E-state index contributed by atoms with van der Waals surface area (Å²) in [5, 5.41) is 2.70. The van der Waals surface area contributed by atoms with Gasteiger partial charge in [0.25, 0.3) is 5.91 Å². The molecule has 1 atom stereocenters. The van der Waals surface area contributed by atoms with Crippen LogP contribution in [0, 0.1) is 12.8 Å². The number of hydrogen-bond acceptors (Lipinski definition) is 5. The number of ether oxygens (including phenoxy) is 1. The quantitative estimate of drug-likeness (QED) is 0.524. The summed E-state index contributed by atoms with van der Waals surface area (Å²) >= 11 is 4.57. The average Bonchev–Trinajstić information content (AvgIpc) is 3.03. The number of Topliss-reactive ketones (excluding diaryl/α,β-unsaturated/α-hetero) is 1. The molecule has 1 aromatic heterocycles. The second-order valence-corrected chi connectivity index (χ2v) is 8.66. The van der Waals surface area contributed by atoms with Crippen LogP contribution < -0.4 is 5.32 Å². The Morgan fingerprint density at radius 3 is 2.50 bits per heavy atom. The average molecular weight is 438 g/mol. The van der Waals surface area contributed by atoms with Gasteiger partial charge in [0.2, 0.25) is 5.78 Å². The molecule has 0 aliphatic rings. The number of carbonyl (C=O) groups excluding carboxylic acids is 3. The normalized spacial score (nSPS) is 11.9. The van der Waals surface area contributed by atoms with Gasteiger partial charge in [-0.1, -0.05) is 31.5 Å². The molecule has 1 amide bonds. The van der Waals surface area contributed by atoms with Crippen LogP contribution in [-0.2, 0) is 9.53 Å². The van der Waals surface area contributed by atoms with E-state index in [0.29, 0.717) is 10.4 Å². The van der Waals surface area contributed by atoms with Gasteiger partial charge in [-0.15, -0.1) is 11.3 Å². The molecule has 5 nitrogen and oxygen atoms in total. The number of rotatable bonds is 7. The minimum Gasteiger partial charge on any atom is -0.456 e. The molecule has 1 N–H and O–H groups in total. The zero-order valence-electron chi connectivity index (χ0n) is 14.7. The number of thiophene rings is 1. The largest absolute Gasteiger partial charge is 0.456 e. The van der Waals surface area contributed by atoms with Crippen molar-refractivity contribution < 1.29 is 19.1 Å². The maximum Gasteiger partial charge on any atom is 0.329 e. The highest BCUT2D eigenvalue weighted by molar-refractivity contribution is 9.11. The predicted octanol–water partition coefficient (Wildman–Crippen LogP) is 4.00. The van der Waals surface area contributed by atoms with Crippen LogP contribution in [0.25, 0.3) is 0 Å². The molecule has 0 saturated heterocycles. The summed E-state index contributed by atoms with van der Waals surface area (Å²) < 4.78 is 5.97. The van der Waals surface area contributed by atoms with E-state index in [1.807, 2.05) is 13.0 Å². The highest BCUT2D eigenvalue weighted by Crippen LogP contribution is 2.22. The minimum atomic E-state index is -0.828. The van der Waals surface area contributed by atoms with Crippen molar-refractivity contribution in [2.75, 3.05) is 6.61 Å². The van der Waals surface area contributed by atoms with Crippen LogP contribution in [0.5, 0.6) is 0 Å². The summed E-state index contributed by atoms with van der Waals surface area (Å²) in [5.41, 5.74) is 1.43. The number of esters is 1. The summed E-state index contributed by atoms with van der Waals surface area (Å²) in [5.74, 6) is -1.42. The van der Waals surface area contributed by atoms with E-state index in [1.54, 1.807) is 44.2 Å². The van der Waals surface area contributed by atoms with Crippen molar-refractivity contribution in [3.05, 3.63) is 56.2 Å². The first-order valence-electron chi connectivity index (χ1n) is 8.10. The molecule has 2 rings (SSSR count). The Morgan fingerprint density at radius 2 is 1.92 bits per heavy atom. The fourth-order valence-corrected chi connectivity index (χ4v) is 3.58. The molecule has 0 fully saturated rings. The number of halogens is 1. The summed E-state index contributed by atoms with van der Waals surface area (Å²) in [6, 6.07) is 9.71. The first-order valence-corrected chi connectivity index (χ1v) is 9.71. The molecular weight excluding hydrogens is 418 g/mol. The Labute approximate surface area is 164 Å². The van der Waals surface area contributed by atoms with Crippen LogP contribution in [0.15, 0.2) is 40.2 Å². The molecule has 0 radical (unpaired) electrons. The van der Waals surface area contributed by atoms with Crippen LogP contribution in [0.1, 0.15) is 39.4 Å². The van der Waals surface area contributed by atoms with Crippen molar-refractivity contribution in [2.24, 2.45) is 5.92 Å². The van der Waals surface area contributed by atoms with Gasteiger partial charge in [0.1, 0.15) is 6.04 Å². The number of ketones is 1. The molecule has 0 aliphatic heterocycles. The van der Waals surface area contributed by atoms with E-state index in [4.69, 9.17) is 4.74 Å². The van der Waals surface area contributed by atoms with Gasteiger partial charge in [-0.3, -0.25) is 9.59 Å². The highest BCUT2D eigenvalue weighted by atomic mass is 79.9. The Kier molecular flexibility index (Phi) is 7.11. The molecule has 0 spiro atoms. The van der Waals surface area contributed by atoms with Gasteiger partial charge >= 0.3 is 5.97 Å². The van der Waals surface area contributed by atoms with E-state index in [1.165, 1.54) is 11.3 Å². The smallest absolute Gasteiger partial charge is 0.329 e. The number of nitrogens with one attached hydrogen (secondary N) is 1. The lowest BCUT2D eigenvalue weighted by Gasteiger charge is -2.20. The zero-order chi connectivity index (χ0) is 19.3. The second kappa shape index (κ2) is 9.09.